The van der Waals surface area contributed by atoms with E-state index in [0.717, 1.165) is 39.1 Å². The number of allylic oxidation sites excluding steroid dienone is 1. The summed E-state index contributed by atoms with van der Waals surface area (Å²) in [5.41, 5.74) is 10.6. The fourth-order valence-electron chi connectivity index (χ4n) is 3.58. The molecule has 0 saturated carbocycles. The first-order valence-corrected chi connectivity index (χ1v) is 10.8. The number of pyridine rings is 1. The SMILES string of the molecule is Cc1cc(-c2c(C)n(C/C(F)=C/CN)c3ccc(S(C)(=O)=O)cc23)cc(C)n1.Cl.Cl. The summed E-state index contributed by atoms with van der Waals surface area (Å²) in [6.45, 7) is 5.90. The highest BCUT2D eigenvalue weighted by atomic mass is 35.5. The Kier molecular flexibility index (Phi) is 8.63. The molecule has 0 bridgehead atoms. The summed E-state index contributed by atoms with van der Waals surface area (Å²) < 4.78 is 40.3. The van der Waals surface area contributed by atoms with Gasteiger partial charge in [-0.25, -0.2) is 12.8 Å². The summed E-state index contributed by atoms with van der Waals surface area (Å²) in [6.07, 6.45) is 2.53. The average molecular weight is 474 g/mol. The van der Waals surface area contributed by atoms with Gasteiger partial charge in [-0.3, -0.25) is 4.98 Å². The maximum Gasteiger partial charge on any atom is 0.175 e. The van der Waals surface area contributed by atoms with Crippen LogP contribution in [-0.4, -0.2) is 30.8 Å². The molecule has 3 rings (SSSR count). The largest absolute Gasteiger partial charge is 0.337 e. The van der Waals surface area contributed by atoms with Crippen LogP contribution in [0.5, 0.6) is 0 Å². The Hall–Kier alpha value is -1.93. The lowest BCUT2D eigenvalue weighted by atomic mass is 10.0. The van der Waals surface area contributed by atoms with E-state index in [1.807, 2.05) is 37.5 Å². The molecule has 0 aliphatic heterocycles. The normalized spacial score (nSPS) is 11.9. The molecule has 0 saturated heterocycles. The van der Waals surface area contributed by atoms with Crippen LogP contribution >= 0.6 is 24.8 Å². The van der Waals surface area contributed by atoms with Gasteiger partial charge >= 0.3 is 0 Å². The molecular weight excluding hydrogens is 448 g/mol. The molecule has 0 amide bonds. The second kappa shape index (κ2) is 9.92. The highest BCUT2D eigenvalue weighted by Crippen LogP contribution is 2.37. The van der Waals surface area contributed by atoms with Gasteiger partial charge in [0.15, 0.2) is 9.84 Å². The predicted molar refractivity (Wildman–Crippen MR) is 125 cm³/mol. The molecule has 0 unspecified atom stereocenters. The van der Waals surface area contributed by atoms with E-state index in [4.69, 9.17) is 5.73 Å². The van der Waals surface area contributed by atoms with Gasteiger partial charge in [-0.15, -0.1) is 24.8 Å². The summed E-state index contributed by atoms with van der Waals surface area (Å²) in [5, 5.41) is 0.769. The Bertz CT molecular complexity index is 1180. The zero-order chi connectivity index (χ0) is 20.6. The molecule has 30 heavy (non-hydrogen) atoms. The average Bonchev–Trinajstić information content (AvgIpc) is 2.85. The van der Waals surface area contributed by atoms with Gasteiger partial charge in [0.2, 0.25) is 0 Å². The van der Waals surface area contributed by atoms with Crippen LogP contribution in [0.2, 0.25) is 0 Å². The first kappa shape index (κ1) is 26.1. The van der Waals surface area contributed by atoms with Crippen LogP contribution in [0, 0.1) is 20.8 Å². The molecule has 3 aromatic rings. The highest BCUT2D eigenvalue weighted by molar-refractivity contribution is 7.90. The number of benzene rings is 1. The van der Waals surface area contributed by atoms with Gasteiger partial charge in [0.25, 0.3) is 0 Å². The third kappa shape index (κ3) is 5.21. The first-order chi connectivity index (χ1) is 13.1. The maximum atomic E-state index is 14.3. The van der Waals surface area contributed by atoms with Gasteiger partial charge in [0.1, 0.15) is 5.83 Å². The number of aryl methyl sites for hydroxylation is 2. The van der Waals surface area contributed by atoms with Gasteiger partial charge in [-0.1, -0.05) is 0 Å². The van der Waals surface area contributed by atoms with E-state index in [0.29, 0.717) is 0 Å². The van der Waals surface area contributed by atoms with Crippen LogP contribution in [0.4, 0.5) is 4.39 Å². The van der Waals surface area contributed by atoms with E-state index in [1.54, 1.807) is 18.2 Å². The van der Waals surface area contributed by atoms with Crippen LogP contribution in [0.25, 0.3) is 22.0 Å². The molecular formula is C21H26Cl2FN3O2S. The molecule has 0 spiro atoms. The third-order valence-corrected chi connectivity index (χ3v) is 5.85. The van der Waals surface area contributed by atoms with Crippen LogP contribution in [0.3, 0.4) is 0 Å². The molecule has 0 radical (unpaired) electrons. The topological polar surface area (TPSA) is 78.0 Å². The van der Waals surface area contributed by atoms with E-state index in [9.17, 15) is 12.8 Å². The van der Waals surface area contributed by atoms with E-state index in [1.165, 1.54) is 12.3 Å². The smallest absolute Gasteiger partial charge is 0.175 e. The number of hydrogen-bond donors (Lipinski definition) is 1. The van der Waals surface area contributed by atoms with Crippen molar-refractivity contribution < 1.29 is 12.8 Å². The summed E-state index contributed by atoms with van der Waals surface area (Å²) in [7, 11) is -3.37. The minimum absolute atomic E-state index is 0. The van der Waals surface area contributed by atoms with Gasteiger partial charge < -0.3 is 10.3 Å². The molecule has 2 N–H and O–H groups in total. The van der Waals surface area contributed by atoms with Gasteiger partial charge in [-0.2, -0.15) is 0 Å². The Balaban J connectivity index is 0.00000225. The number of aromatic nitrogens is 2. The lowest BCUT2D eigenvalue weighted by molar-refractivity contribution is 0.555. The van der Waals surface area contributed by atoms with Crippen molar-refractivity contribution in [2.45, 2.75) is 32.2 Å². The molecule has 0 aliphatic carbocycles. The summed E-state index contributed by atoms with van der Waals surface area (Å²) in [4.78, 5) is 4.66. The maximum absolute atomic E-state index is 14.3. The molecule has 1 aromatic carbocycles. The fraction of sp³-hybridized carbons (Fsp3) is 0.286. The van der Waals surface area contributed by atoms with Crippen molar-refractivity contribution >= 4 is 45.6 Å². The molecule has 2 heterocycles. The molecule has 2 aromatic heterocycles. The van der Waals surface area contributed by atoms with Crippen LogP contribution in [0.15, 0.2) is 47.1 Å². The van der Waals surface area contributed by atoms with Crippen molar-refractivity contribution in [1.82, 2.24) is 9.55 Å². The molecule has 0 atom stereocenters. The van der Waals surface area contributed by atoms with Crippen LogP contribution < -0.4 is 5.73 Å². The monoisotopic (exact) mass is 473 g/mol. The number of nitrogens with zero attached hydrogens (tertiary/aromatic N) is 2. The predicted octanol–water partition coefficient (Wildman–Crippen LogP) is 4.69. The second-order valence-corrected chi connectivity index (χ2v) is 9.04. The van der Waals surface area contributed by atoms with Crippen molar-refractivity contribution in [3.8, 4) is 11.1 Å². The standard InChI is InChI=1S/C21H24FN3O2S.2ClH/c1-13-9-16(10-14(2)24-13)21-15(3)25(12-17(22)7-8-23)20-6-5-18(11-19(20)21)28(4,26)27;;/h5-7,9-11H,8,12,23H2,1-4H3;2*1H/b17-7-;;. The Morgan fingerprint density at radius 3 is 2.27 bits per heavy atom. The lowest BCUT2D eigenvalue weighted by Crippen LogP contribution is -2.03. The zero-order valence-electron chi connectivity index (χ0n) is 17.3. The van der Waals surface area contributed by atoms with Gasteiger partial charge in [0, 0.05) is 46.3 Å². The summed E-state index contributed by atoms with van der Waals surface area (Å²) in [6, 6.07) is 8.87. The summed E-state index contributed by atoms with van der Waals surface area (Å²) in [5.74, 6) is -0.330. The second-order valence-electron chi connectivity index (χ2n) is 7.02. The molecule has 164 valence electrons. The Morgan fingerprint density at radius 2 is 1.73 bits per heavy atom. The van der Waals surface area contributed by atoms with Crippen molar-refractivity contribution in [3.63, 3.8) is 0 Å². The highest BCUT2D eigenvalue weighted by Gasteiger charge is 2.19. The van der Waals surface area contributed by atoms with Crippen LogP contribution in [0.1, 0.15) is 17.1 Å². The number of sulfone groups is 1. The quantitative estimate of drug-likeness (QED) is 0.582. The van der Waals surface area contributed by atoms with Crippen molar-refractivity contribution in [1.29, 1.82) is 0 Å². The minimum atomic E-state index is -3.37. The number of nitrogens with two attached hydrogens (primary N) is 1. The molecule has 0 aliphatic rings. The minimum Gasteiger partial charge on any atom is -0.337 e. The van der Waals surface area contributed by atoms with Crippen LogP contribution in [-0.2, 0) is 16.4 Å². The molecule has 0 fully saturated rings. The van der Waals surface area contributed by atoms with E-state index < -0.39 is 9.84 Å². The van der Waals surface area contributed by atoms with Crippen molar-refractivity contribution in [3.05, 3.63) is 59.3 Å². The fourth-order valence-corrected chi connectivity index (χ4v) is 4.23. The number of hydrogen-bond acceptors (Lipinski definition) is 4. The Morgan fingerprint density at radius 1 is 1.13 bits per heavy atom. The molecule has 9 heteroatoms. The van der Waals surface area contributed by atoms with Crippen molar-refractivity contribution in [2.75, 3.05) is 12.8 Å². The molecule has 5 nitrogen and oxygen atoms in total. The van der Waals surface area contributed by atoms with Crippen molar-refractivity contribution in [2.24, 2.45) is 5.73 Å². The van der Waals surface area contributed by atoms with Gasteiger partial charge in [-0.05, 0) is 62.7 Å². The number of fused-ring (bicyclic) bond motifs is 1. The summed E-state index contributed by atoms with van der Waals surface area (Å²) >= 11 is 0. The Labute approximate surface area is 188 Å². The number of rotatable bonds is 5. The van der Waals surface area contributed by atoms with E-state index in [-0.39, 0.29) is 48.6 Å². The zero-order valence-corrected chi connectivity index (χ0v) is 19.7. The van der Waals surface area contributed by atoms with E-state index in [2.05, 4.69) is 4.98 Å². The third-order valence-electron chi connectivity index (χ3n) is 4.74. The lowest BCUT2D eigenvalue weighted by Gasteiger charge is -2.08. The van der Waals surface area contributed by atoms with E-state index >= 15 is 0 Å². The van der Waals surface area contributed by atoms with Gasteiger partial charge in [0.05, 0.1) is 11.4 Å². The first-order valence-electron chi connectivity index (χ1n) is 8.95. The number of halogens is 3.